The number of hydrogen-bond acceptors (Lipinski definition) is 2. The molecule has 0 aliphatic heterocycles. The van der Waals surface area contributed by atoms with E-state index in [0.717, 1.165) is 11.1 Å². The number of nitrogens with zero attached hydrogens (tertiary/aromatic N) is 2. The number of rotatable bonds is 2. The Morgan fingerprint density at radius 2 is 2.08 bits per heavy atom. The molecule has 0 heterocycles. The highest BCUT2D eigenvalue weighted by Gasteiger charge is 1.94. The van der Waals surface area contributed by atoms with Gasteiger partial charge in [0.25, 0.3) is 0 Å². The van der Waals surface area contributed by atoms with E-state index in [0.29, 0.717) is 5.69 Å². The van der Waals surface area contributed by atoms with Crippen molar-refractivity contribution in [1.29, 1.82) is 0 Å². The van der Waals surface area contributed by atoms with Crippen LogP contribution in [-0.4, -0.2) is 5.03 Å². The number of nitro groups is 1. The molecule has 0 fully saturated rings. The first kappa shape index (κ1) is 8.52. The molecule has 0 aliphatic rings. The minimum Gasteiger partial charge on any atom is -0.349 e. The Morgan fingerprint density at radius 1 is 1.42 bits per heavy atom. The summed E-state index contributed by atoms with van der Waals surface area (Å²) in [6.45, 7) is 3.71. The van der Waals surface area contributed by atoms with Crippen LogP contribution in [0.4, 0.5) is 5.69 Å². The predicted octanol–water partition coefficient (Wildman–Crippen LogP) is 2.50. The highest BCUT2D eigenvalue weighted by Crippen LogP contribution is 2.24. The molecular weight excluding hydrogens is 156 g/mol. The monoisotopic (exact) mass is 165 g/mol. The van der Waals surface area contributed by atoms with Crippen LogP contribution in [0.5, 0.6) is 0 Å². The van der Waals surface area contributed by atoms with Crippen LogP contribution in [-0.2, 0) is 0 Å². The zero-order chi connectivity index (χ0) is 9.14. The maximum atomic E-state index is 10.1. The molecule has 0 spiro atoms. The molecule has 0 radical (unpaired) electrons. The van der Waals surface area contributed by atoms with Crippen LogP contribution in [0.2, 0.25) is 0 Å². The van der Waals surface area contributed by atoms with Gasteiger partial charge in [-0.1, -0.05) is 29.4 Å². The van der Waals surface area contributed by atoms with Crippen molar-refractivity contribution in [2.75, 3.05) is 0 Å². The van der Waals surface area contributed by atoms with Gasteiger partial charge in [0.2, 0.25) is 0 Å². The lowest BCUT2D eigenvalue weighted by atomic mass is 10.1. The van der Waals surface area contributed by atoms with Crippen molar-refractivity contribution in [1.82, 2.24) is 0 Å². The lowest BCUT2D eigenvalue weighted by molar-refractivity contribution is -0.418. The fourth-order valence-electron chi connectivity index (χ4n) is 0.932. The molecule has 0 aliphatic carbocycles. The van der Waals surface area contributed by atoms with Crippen molar-refractivity contribution in [3.63, 3.8) is 0 Å². The van der Waals surface area contributed by atoms with E-state index < -0.39 is 5.03 Å². The van der Waals surface area contributed by atoms with Gasteiger partial charge >= 0.3 is 0 Å². The standard InChI is InChI=1S/C8H9N2O2/c1-6-4-3-5-8(7(6)2)9-10(11)12/h3-5H,1-2H3/q-1. The molecule has 1 rings (SSSR count). The van der Waals surface area contributed by atoms with Gasteiger partial charge in [0.15, 0.2) is 0 Å². The summed E-state index contributed by atoms with van der Waals surface area (Å²) in [6.07, 6.45) is 0. The van der Waals surface area contributed by atoms with Crippen LogP contribution < -0.4 is 0 Å². The molecule has 0 saturated heterocycles. The maximum Gasteiger partial charge on any atom is -0.00888 e. The van der Waals surface area contributed by atoms with Crippen molar-refractivity contribution in [2.45, 2.75) is 13.8 Å². The van der Waals surface area contributed by atoms with Gasteiger partial charge in [-0.25, -0.2) is 0 Å². The normalized spacial score (nSPS) is 9.50. The maximum absolute atomic E-state index is 10.1. The minimum absolute atomic E-state index is 0.431. The molecular formula is C8H9N2O2-. The van der Waals surface area contributed by atoms with Crippen molar-refractivity contribution < 1.29 is 5.03 Å². The lowest BCUT2D eigenvalue weighted by Crippen LogP contribution is -1.89. The summed E-state index contributed by atoms with van der Waals surface area (Å²) in [4.78, 5) is 10.1. The number of hydrogen-bond donors (Lipinski definition) is 0. The van der Waals surface area contributed by atoms with E-state index in [1.165, 1.54) is 0 Å². The second kappa shape index (κ2) is 3.21. The molecule has 0 amide bonds. The molecule has 4 nitrogen and oxygen atoms in total. The quantitative estimate of drug-likeness (QED) is 0.499. The van der Waals surface area contributed by atoms with Gasteiger partial charge in [-0.2, -0.15) is 0 Å². The highest BCUT2D eigenvalue weighted by molar-refractivity contribution is 5.55. The molecule has 64 valence electrons. The van der Waals surface area contributed by atoms with E-state index in [1.54, 1.807) is 12.1 Å². The smallest absolute Gasteiger partial charge is 0.00888 e. The van der Waals surface area contributed by atoms with E-state index in [4.69, 9.17) is 0 Å². The SMILES string of the molecule is Cc1cccc([N-][N+](=O)[O-])c1C. The van der Waals surface area contributed by atoms with Gasteiger partial charge in [-0.15, -0.1) is 0 Å². The third-order valence-corrected chi connectivity index (χ3v) is 1.77. The van der Waals surface area contributed by atoms with Crippen LogP contribution in [0.1, 0.15) is 11.1 Å². The highest BCUT2D eigenvalue weighted by atomic mass is 16.7. The largest absolute Gasteiger partial charge is 0.349 e. The molecule has 0 unspecified atom stereocenters. The van der Waals surface area contributed by atoms with Crippen LogP contribution in [0, 0.1) is 24.0 Å². The average molecular weight is 165 g/mol. The van der Waals surface area contributed by atoms with Crippen LogP contribution in [0.3, 0.4) is 0 Å². The van der Waals surface area contributed by atoms with Crippen molar-refractivity contribution in [2.24, 2.45) is 0 Å². The minimum atomic E-state index is -0.679. The Balaban J connectivity index is 3.00. The summed E-state index contributed by atoms with van der Waals surface area (Å²) in [6, 6.07) is 5.28. The zero-order valence-electron chi connectivity index (χ0n) is 6.94. The topological polar surface area (TPSA) is 57.2 Å². The Bertz CT molecular complexity index is 310. The molecule has 1 aromatic carbocycles. The summed E-state index contributed by atoms with van der Waals surface area (Å²) < 4.78 is 0. The van der Waals surface area contributed by atoms with Gasteiger partial charge in [-0.05, 0) is 24.4 Å². The van der Waals surface area contributed by atoms with E-state index in [1.807, 2.05) is 19.9 Å². The fraction of sp³-hybridized carbons (Fsp3) is 0.250. The van der Waals surface area contributed by atoms with Crippen molar-refractivity contribution in [3.05, 3.63) is 44.9 Å². The first-order valence-corrected chi connectivity index (χ1v) is 3.53. The number of aryl methyl sites for hydroxylation is 1. The summed E-state index contributed by atoms with van der Waals surface area (Å²) in [5, 5.41) is 9.39. The molecule has 1 aromatic rings. The Hall–Kier alpha value is -1.58. The summed E-state index contributed by atoms with van der Waals surface area (Å²) in [7, 11) is 0. The predicted molar refractivity (Wildman–Crippen MR) is 45.9 cm³/mol. The second-order valence-electron chi connectivity index (χ2n) is 2.56. The van der Waals surface area contributed by atoms with E-state index in [-0.39, 0.29) is 0 Å². The van der Waals surface area contributed by atoms with E-state index >= 15 is 0 Å². The first-order valence-electron chi connectivity index (χ1n) is 3.53. The summed E-state index contributed by atoms with van der Waals surface area (Å²) in [5.41, 5.74) is 5.54. The molecule has 4 heteroatoms. The Kier molecular flexibility index (Phi) is 2.28. The molecule has 0 atom stereocenters. The lowest BCUT2D eigenvalue weighted by Gasteiger charge is -2.14. The molecule has 0 bridgehead atoms. The van der Waals surface area contributed by atoms with Gasteiger partial charge in [-0.3, -0.25) is 10.1 Å². The molecule has 0 N–H and O–H groups in total. The van der Waals surface area contributed by atoms with Gasteiger partial charge < -0.3 is 5.43 Å². The van der Waals surface area contributed by atoms with Gasteiger partial charge in [0.1, 0.15) is 0 Å². The first-order chi connectivity index (χ1) is 5.61. The molecule has 0 aromatic heterocycles. The third kappa shape index (κ3) is 1.72. The van der Waals surface area contributed by atoms with Gasteiger partial charge in [0.05, 0.1) is 0 Å². The second-order valence-corrected chi connectivity index (χ2v) is 2.56. The van der Waals surface area contributed by atoms with Crippen LogP contribution >= 0.6 is 0 Å². The van der Waals surface area contributed by atoms with Crippen LogP contribution in [0.15, 0.2) is 18.2 Å². The Morgan fingerprint density at radius 3 is 2.67 bits per heavy atom. The zero-order valence-corrected chi connectivity index (χ0v) is 6.94. The number of benzene rings is 1. The van der Waals surface area contributed by atoms with Crippen molar-refractivity contribution in [3.8, 4) is 0 Å². The Labute approximate surface area is 70.3 Å². The van der Waals surface area contributed by atoms with Crippen LogP contribution in [0.25, 0.3) is 5.43 Å². The molecule has 12 heavy (non-hydrogen) atoms. The summed E-state index contributed by atoms with van der Waals surface area (Å²) in [5.74, 6) is 0. The van der Waals surface area contributed by atoms with Gasteiger partial charge in [0, 0.05) is 0 Å². The van der Waals surface area contributed by atoms with E-state index in [2.05, 4.69) is 5.43 Å². The average Bonchev–Trinajstić information content (AvgIpc) is 1.98. The van der Waals surface area contributed by atoms with E-state index in [9.17, 15) is 10.1 Å². The summed E-state index contributed by atoms with van der Waals surface area (Å²) >= 11 is 0. The van der Waals surface area contributed by atoms with Crippen molar-refractivity contribution >= 4 is 5.69 Å². The molecule has 0 saturated carbocycles. The third-order valence-electron chi connectivity index (χ3n) is 1.77. The fourth-order valence-corrected chi connectivity index (χ4v) is 0.932.